The maximum atomic E-state index is 12.7. The second-order valence-electron chi connectivity index (χ2n) is 7.21. The third-order valence-electron chi connectivity index (χ3n) is 5.13. The molecule has 3 atom stereocenters. The smallest absolute Gasteiger partial charge is 0.261 e. The van der Waals surface area contributed by atoms with Crippen LogP contribution in [0.4, 0.5) is 5.69 Å². The zero-order chi connectivity index (χ0) is 18.1. The topological polar surface area (TPSA) is 61.4 Å². The normalized spacial score (nSPS) is 24.3. The van der Waals surface area contributed by atoms with Crippen molar-refractivity contribution in [3.05, 3.63) is 41.3 Å². The van der Waals surface area contributed by atoms with Crippen LogP contribution >= 0.6 is 11.3 Å². The van der Waals surface area contributed by atoms with Gasteiger partial charge in [0.05, 0.1) is 4.88 Å². The van der Waals surface area contributed by atoms with Crippen molar-refractivity contribution in [3.63, 3.8) is 0 Å². The third-order valence-corrected chi connectivity index (χ3v) is 6.25. The van der Waals surface area contributed by atoms with Crippen molar-refractivity contribution in [2.24, 2.45) is 5.92 Å². The summed E-state index contributed by atoms with van der Waals surface area (Å²) >= 11 is 1.46. The number of hydrogen-bond acceptors (Lipinski definition) is 4. The van der Waals surface area contributed by atoms with Gasteiger partial charge in [-0.2, -0.15) is 0 Å². The fourth-order valence-corrected chi connectivity index (χ4v) is 4.97. The molecule has 4 rings (SSSR count). The highest BCUT2D eigenvalue weighted by Crippen LogP contribution is 2.34. The molecule has 136 valence electrons. The van der Waals surface area contributed by atoms with E-state index in [2.05, 4.69) is 15.5 Å². The number of piperidine rings is 1. The minimum Gasteiger partial charge on any atom is -0.347 e. The average Bonchev–Trinajstić information content (AvgIpc) is 3.22. The minimum atomic E-state index is -0.103. The fourth-order valence-electron chi connectivity index (χ4n) is 4.02. The molecule has 0 saturated carbocycles. The van der Waals surface area contributed by atoms with E-state index in [1.165, 1.54) is 37.8 Å². The Balaban J connectivity index is 1.48. The summed E-state index contributed by atoms with van der Waals surface area (Å²) in [6.45, 7) is 4.82. The van der Waals surface area contributed by atoms with Crippen LogP contribution in [0, 0.1) is 5.92 Å². The molecule has 2 amide bonds. The maximum absolute atomic E-state index is 12.7. The van der Waals surface area contributed by atoms with Crippen LogP contribution in [0.15, 0.2) is 36.4 Å². The summed E-state index contributed by atoms with van der Waals surface area (Å²) < 4.78 is 0. The predicted molar refractivity (Wildman–Crippen MR) is 104 cm³/mol. The number of nitrogens with zero attached hydrogens (tertiary/aromatic N) is 1. The number of rotatable bonds is 4. The summed E-state index contributed by atoms with van der Waals surface area (Å²) in [5.41, 5.74) is 1.71. The van der Waals surface area contributed by atoms with Gasteiger partial charge in [0, 0.05) is 42.2 Å². The monoisotopic (exact) mass is 369 g/mol. The second kappa shape index (κ2) is 7.21. The van der Waals surface area contributed by atoms with Gasteiger partial charge >= 0.3 is 0 Å². The molecule has 5 nitrogen and oxygen atoms in total. The number of hydrogen-bond donors (Lipinski definition) is 2. The van der Waals surface area contributed by atoms with E-state index in [1.807, 2.05) is 36.4 Å². The van der Waals surface area contributed by atoms with Crippen LogP contribution in [0.5, 0.6) is 0 Å². The van der Waals surface area contributed by atoms with Crippen LogP contribution in [0.25, 0.3) is 10.4 Å². The van der Waals surface area contributed by atoms with Crippen molar-refractivity contribution in [1.29, 1.82) is 0 Å². The van der Waals surface area contributed by atoms with Gasteiger partial charge in [0.2, 0.25) is 5.91 Å². The number of thiophene rings is 1. The van der Waals surface area contributed by atoms with Crippen molar-refractivity contribution < 1.29 is 9.59 Å². The standard InChI is InChI=1S/C20H23N3O2S/c1-13(24)21-17-5-3-2-4-16(17)18-6-7-19(26-18)20(25)22-15-10-14-8-9-23(11-14)12-15/h2-7,14-15H,8-12H2,1H3,(H,21,24)(H,22,25)/t14-,15+/m0/s1. The zero-order valence-electron chi connectivity index (χ0n) is 14.8. The van der Waals surface area contributed by atoms with Gasteiger partial charge < -0.3 is 15.5 Å². The van der Waals surface area contributed by atoms with Crippen molar-refractivity contribution in [2.75, 3.05) is 25.0 Å². The molecule has 2 aliphatic heterocycles. The number of anilines is 1. The summed E-state index contributed by atoms with van der Waals surface area (Å²) in [4.78, 5) is 28.2. The van der Waals surface area contributed by atoms with E-state index in [0.717, 1.165) is 35.0 Å². The van der Waals surface area contributed by atoms with Gasteiger partial charge in [-0.3, -0.25) is 9.59 Å². The predicted octanol–water partition coefficient (Wildman–Crippen LogP) is 3.20. The Labute approximate surface area is 157 Å². The molecule has 2 fully saturated rings. The quantitative estimate of drug-likeness (QED) is 0.870. The van der Waals surface area contributed by atoms with E-state index in [4.69, 9.17) is 0 Å². The lowest BCUT2D eigenvalue weighted by Crippen LogP contribution is -2.46. The number of carbonyl (C=O) groups excluding carboxylic acids is 2. The highest BCUT2D eigenvalue weighted by molar-refractivity contribution is 7.17. The Morgan fingerprint density at radius 3 is 2.81 bits per heavy atom. The van der Waals surface area contributed by atoms with E-state index >= 15 is 0 Å². The molecule has 1 aromatic carbocycles. The van der Waals surface area contributed by atoms with Crippen molar-refractivity contribution in [1.82, 2.24) is 10.2 Å². The summed E-state index contributed by atoms with van der Waals surface area (Å²) in [5, 5.41) is 6.06. The molecule has 1 aromatic heterocycles. The Morgan fingerprint density at radius 2 is 2.00 bits per heavy atom. The maximum Gasteiger partial charge on any atom is 0.261 e. The van der Waals surface area contributed by atoms with Crippen LogP contribution < -0.4 is 10.6 Å². The molecule has 1 unspecified atom stereocenters. The largest absolute Gasteiger partial charge is 0.347 e. The first-order chi connectivity index (χ1) is 12.6. The van der Waals surface area contributed by atoms with Crippen LogP contribution in [0.3, 0.4) is 0 Å². The Kier molecular flexibility index (Phi) is 4.78. The van der Waals surface area contributed by atoms with Crippen molar-refractivity contribution in [3.8, 4) is 10.4 Å². The molecule has 2 saturated heterocycles. The Hall–Kier alpha value is -2.18. The molecule has 0 spiro atoms. The lowest BCUT2D eigenvalue weighted by molar-refractivity contribution is -0.114. The van der Waals surface area contributed by atoms with Gasteiger partial charge in [0.25, 0.3) is 5.91 Å². The van der Waals surface area contributed by atoms with Crippen molar-refractivity contribution in [2.45, 2.75) is 25.8 Å². The lowest BCUT2D eigenvalue weighted by atomic mass is 9.97. The molecule has 0 radical (unpaired) electrons. The molecular weight excluding hydrogens is 346 g/mol. The molecule has 3 heterocycles. The number of benzene rings is 1. The zero-order valence-corrected chi connectivity index (χ0v) is 15.6. The molecule has 2 bridgehead atoms. The van der Waals surface area contributed by atoms with Crippen LogP contribution in [0.2, 0.25) is 0 Å². The SMILES string of the molecule is CC(=O)Nc1ccccc1-c1ccc(C(=O)N[C@@H]2C[C@@H]3CCN(C3)C2)s1. The van der Waals surface area contributed by atoms with Gasteiger partial charge in [-0.05, 0) is 43.5 Å². The highest BCUT2D eigenvalue weighted by Gasteiger charge is 2.33. The van der Waals surface area contributed by atoms with Crippen LogP contribution in [-0.2, 0) is 4.79 Å². The summed E-state index contributed by atoms with van der Waals surface area (Å²) in [5.74, 6) is 0.636. The van der Waals surface area contributed by atoms with E-state index in [9.17, 15) is 9.59 Å². The molecule has 0 aliphatic carbocycles. The molecule has 2 aromatic rings. The van der Waals surface area contributed by atoms with Gasteiger partial charge in [0.15, 0.2) is 0 Å². The lowest BCUT2D eigenvalue weighted by Gasteiger charge is -2.30. The number of amides is 2. The van der Waals surface area contributed by atoms with Crippen molar-refractivity contribution >= 4 is 28.8 Å². The minimum absolute atomic E-state index is 0.00533. The highest BCUT2D eigenvalue weighted by atomic mass is 32.1. The van der Waals surface area contributed by atoms with E-state index < -0.39 is 0 Å². The summed E-state index contributed by atoms with van der Waals surface area (Å²) in [6, 6.07) is 11.7. The number of fused-ring (bicyclic) bond motifs is 2. The van der Waals surface area contributed by atoms with Crippen LogP contribution in [-0.4, -0.2) is 42.4 Å². The molecule has 2 N–H and O–H groups in total. The molecular formula is C20H23N3O2S. The molecule has 2 aliphatic rings. The van der Waals surface area contributed by atoms with E-state index in [0.29, 0.717) is 4.88 Å². The average molecular weight is 369 g/mol. The first-order valence-electron chi connectivity index (χ1n) is 9.08. The fraction of sp³-hybridized carbons (Fsp3) is 0.400. The van der Waals surface area contributed by atoms with Crippen LogP contribution in [0.1, 0.15) is 29.4 Å². The molecule has 6 heteroatoms. The third kappa shape index (κ3) is 3.66. The first-order valence-corrected chi connectivity index (χ1v) is 9.90. The number of nitrogens with one attached hydrogen (secondary N) is 2. The second-order valence-corrected chi connectivity index (χ2v) is 8.29. The van der Waals surface area contributed by atoms with Gasteiger partial charge in [-0.25, -0.2) is 0 Å². The first kappa shape index (κ1) is 17.2. The number of para-hydroxylation sites is 1. The Morgan fingerprint density at radius 1 is 1.15 bits per heavy atom. The Bertz CT molecular complexity index is 820. The molecule has 26 heavy (non-hydrogen) atoms. The van der Waals surface area contributed by atoms with Gasteiger partial charge in [0.1, 0.15) is 0 Å². The van der Waals surface area contributed by atoms with Gasteiger partial charge in [-0.1, -0.05) is 18.2 Å². The summed E-state index contributed by atoms with van der Waals surface area (Å²) in [7, 11) is 0. The number of carbonyl (C=O) groups is 2. The summed E-state index contributed by atoms with van der Waals surface area (Å²) in [6.07, 6.45) is 2.35. The van der Waals surface area contributed by atoms with E-state index in [1.54, 1.807) is 0 Å². The van der Waals surface area contributed by atoms with Gasteiger partial charge in [-0.15, -0.1) is 11.3 Å². The van der Waals surface area contributed by atoms with E-state index in [-0.39, 0.29) is 17.9 Å².